The number of allylic oxidation sites excluding steroid dienone is 1. The highest BCUT2D eigenvalue weighted by Gasteiger charge is 2.27. The predicted octanol–water partition coefficient (Wildman–Crippen LogP) is 5.56. The van der Waals surface area contributed by atoms with Crippen molar-refractivity contribution in [3.8, 4) is 5.75 Å². The first-order valence-corrected chi connectivity index (χ1v) is 9.28. The molecule has 0 aromatic heterocycles. The Labute approximate surface area is 145 Å². The van der Waals surface area contributed by atoms with Crippen LogP contribution in [0.15, 0.2) is 35.9 Å². The first kappa shape index (κ1) is 18.6. The van der Waals surface area contributed by atoms with Crippen molar-refractivity contribution in [3.63, 3.8) is 0 Å². The van der Waals surface area contributed by atoms with Gasteiger partial charge in [-0.25, -0.2) is 4.79 Å². The third-order valence-corrected chi connectivity index (χ3v) is 5.09. The fraction of sp³-hybridized carbons (Fsp3) is 0.571. The first-order chi connectivity index (χ1) is 11.7. The summed E-state index contributed by atoms with van der Waals surface area (Å²) in [4.78, 5) is 11.3. The fourth-order valence-corrected chi connectivity index (χ4v) is 3.65. The number of rotatable bonds is 8. The van der Waals surface area contributed by atoms with Crippen LogP contribution in [0.4, 0.5) is 0 Å². The van der Waals surface area contributed by atoms with Gasteiger partial charge in [0.1, 0.15) is 5.75 Å². The number of benzene rings is 1. The van der Waals surface area contributed by atoms with Gasteiger partial charge < -0.3 is 9.84 Å². The van der Waals surface area contributed by atoms with Crippen LogP contribution in [0.1, 0.15) is 70.3 Å². The van der Waals surface area contributed by atoms with Gasteiger partial charge >= 0.3 is 5.97 Å². The lowest BCUT2D eigenvalue weighted by Gasteiger charge is -2.29. The quantitative estimate of drug-likeness (QED) is 0.501. The smallest absolute Gasteiger partial charge is 0.331 e. The Morgan fingerprint density at radius 3 is 2.38 bits per heavy atom. The van der Waals surface area contributed by atoms with Crippen LogP contribution in [0.3, 0.4) is 0 Å². The van der Waals surface area contributed by atoms with Gasteiger partial charge in [0.05, 0.1) is 6.61 Å². The molecule has 0 heterocycles. The van der Waals surface area contributed by atoms with Crippen molar-refractivity contribution in [2.24, 2.45) is 5.92 Å². The Kier molecular flexibility index (Phi) is 7.36. The van der Waals surface area contributed by atoms with E-state index in [0.717, 1.165) is 44.5 Å². The second-order valence-electron chi connectivity index (χ2n) is 6.72. The molecule has 0 amide bonds. The van der Waals surface area contributed by atoms with Gasteiger partial charge in [-0.2, -0.15) is 0 Å². The minimum atomic E-state index is -0.759. The molecular weight excluding hydrogens is 300 g/mol. The number of carbonyl (C=O) groups is 1. The maximum atomic E-state index is 11.3. The van der Waals surface area contributed by atoms with Crippen LogP contribution in [-0.4, -0.2) is 17.7 Å². The number of carboxylic acid groups (broad SMARTS) is 1. The molecule has 1 aliphatic rings. The molecule has 3 heteroatoms. The molecule has 0 radical (unpaired) electrons. The van der Waals surface area contributed by atoms with Crippen LogP contribution in [0, 0.1) is 5.92 Å². The van der Waals surface area contributed by atoms with Gasteiger partial charge in [0.25, 0.3) is 0 Å². The minimum Gasteiger partial charge on any atom is -0.494 e. The Morgan fingerprint density at radius 2 is 1.83 bits per heavy atom. The second-order valence-corrected chi connectivity index (χ2v) is 6.72. The Bertz CT molecular complexity index is 537. The highest BCUT2D eigenvalue weighted by molar-refractivity contribution is 5.87. The number of aliphatic carboxylic acids is 1. The third kappa shape index (κ3) is 5.12. The van der Waals surface area contributed by atoms with Gasteiger partial charge in [-0.15, -0.1) is 0 Å². The normalized spacial score (nSPS) is 21.5. The third-order valence-electron chi connectivity index (χ3n) is 5.09. The summed E-state index contributed by atoms with van der Waals surface area (Å²) in [5.41, 5.74) is 1.94. The Balaban J connectivity index is 1.84. The van der Waals surface area contributed by atoms with E-state index < -0.39 is 5.97 Å². The van der Waals surface area contributed by atoms with E-state index in [0.29, 0.717) is 11.5 Å². The zero-order valence-corrected chi connectivity index (χ0v) is 15.0. The lowest BCUT2D eigenvalue weighted by molar-refractivity contribution is -0.133. The minimum absolute atomic E-state index is 0.213. The van der Waals surface area contributed by atoms with E-state index in [1.54, 1.807) is 6.08 Å². The predicted molar refractivity (Wildman–Crippen MR) is 97.6 cm³/mol. The lowest BCUT2D eigenvalue weighted by Crippen LogP contribution is -2.19. The van der Waals surface area contributed by atoms with Gasteiger partial charge in [-0.05, 0) is 68.6 Å². The fourth-order valence-electron chi connectivity index (χ4n) is 3.65. The van der Waals surface area contributed by atoms with Crippen molar-refractivity contribution in [1.29, 1.82) is 0 Å². The number of unbranched alkanes of at least 4 members (excludes halogenated alkanes) is 2. The molecule has 132 valence electrons. The molecule has 2 rings (SSSR count). The molecular formula is C21H30O3. The number of ether oxygens (including phenoxy) is 1. The van der Waals surface area contributed by atoms with Crippen LogP contribution in [0.2, 0.25) is 0 Å². The summed E-state index contributed by atoms with van der Waals surface area (Å²) in [6.45, 7) is 4.81. The van der Waals surface area contributed by atoms with Crippen molar-refractivity contribution < 1.29 is 14.6 Å². The molecule has 0 atom stereocenters. The molecule has 1 aromatic rings. The summed E-state index contributed by atoms with van der Waals surface area (Å²) in [5, 5.41) is 9.26. The largest absolute Gasteiger partial charge is 0.494 e. The average Bonchev–Trinajstić information content (AvgIpc) is 2.60. The number of carboxylic acids is 1. The maximum Gasteiger partial charge on any atom is 0.331 e. The van der Waals surface area contributed by atoms with Crippen LogP contribution in [0.5, 0.6) is 5.75 Å². The highest BCUT2D eigenvalue weighted by atomic mass is 16.5. The molecule has 24 heavy (non-hydrogen) atoms. The summed E-state index contributed by atoms with van der Waals surface area (Å²) in [5.74, 6) is 0.948. The average molecular weight is 330 g/mol. The van der Waals surface area contributed by atoms with Gasteiger partial charge in [-0.3, -0.25) is 0 Å². The Hall–Kier alpha value is -1.77. The molecule has 0 unspecified atom stereocenters. The van der Waals surface area contributed by atoms with E-state index >= 15 is 0 Å². The first-order valence-electron chi connectivity index (χ1n) is 9.28. The van der Waals surface area contributed by atoms with Crippen LogP contribution in [-0.2, 0) is 4.79 Å². The lowest BCUT2D eigenvalue weighted by atomic mass is 9.76. The van der Waals surface area contributed by atoms with E-state index in [4.69, 9.17) is 4.74 Å². The van der Waals surface area contributed by atoms with E-state index in [2.05, 4.69) is 31.2 Å². The topological polar surface area (TPSA) is 46.5 Å². The van der Waals surface area contributed by atoms with Crippen molar-refractivity contribution in [3.05, 3.63) is 41.5 Å². The zero-order valence-electron chi connectivity index (χ0n) is 15.0. The molecule has 0 saturated heterocycles. The van der Waals surface area contributed by atoms with E-state index in [1.807, 2.05) is 6.92 Å². The summed E-state index contributed by atoms with van der Waals surface area (Å²) >= 11 is 0. The Morgan fingerprint density at radius 1 is 1.17 bits per heavy atom. The molecule has 1 saturated carbocycles. The monoisotopic (exact) mass is 330 g/mol. The van der Waals surface area contributed by atoms with Crippen LogP contribution < -0.4 is 4.74 Å². The summed E-state index contributed by atoms with van der Waals surface area (Å²) in [6, 6.07) is 8.49. The number of hydrogen-bond acceptors (Lipinski definition) is 2. The molecule has 0 spiro atoms. The van der Waals surface area contributed by atoms with E-state index in [-0.39, 0.29) is 5.92 Å². The highest BCUT2D eigenvalue weighted by Crippen LogP contribution is 2.39. The molecule has 0 bridgehead atoms. The molecule has 0 aliphatic heterocycles. The van der Waals surface area contributed by atoms with E-state index in [1.165, 1.54) is 18.4 Å². The molecule has 1 fully saturated rings. The van der Waals surface area contributed by atoms with Crippen molar-refractivity contribution >= 4 is 5.97 Å². The maximum absolute atomic E-state index is 11.3. The van der Waals surface area contributed by atoms with Gasteiger partial charge in [0.15, 0.2) is 0 Å². The van der Waals surface area contributed by atoms with Crippen molar-refractivity contribution in [2.75, 3.05) is 6.61 Å². The van der Waals surface area contributed by atoms with Crippen LogP contribution >= 0.6 is 0 Å². The zero-order chi connectivity index (χ0) is 17.4. The molecule has 1 aromatic carbocycles. The summed E-state index contributed by atoms with van der Waals surface area (Å²) < 4.78 is 5.77. The van der Waals surface area contributed by atoms with Crippen molar-refractivity contribution in [1.82, 2.24) is 0 Å². The summed E-state index contributed by atoms with van der Waals surface area (Å²) in [6.07, 6.45) is 9.35. The number of hydrogen-bond donors (Lipinski definition) is 1. The standard InChI is InChI=1S/C21H30O3/c1-3-5-6-15-24-19-13-11-17(12-14-19)16-7-9-18(10-8-16)20(4-2)21(22)23/h4,11-14,16,18H,3,5-10,15H2,1-2H3,(H,22,23). The van der Waals surface area contributed by atoms with Gasteiger partial charge in [0.2, 0.25) is 0 Å². The SMILES string of the molecule is CC=C(C(=O)O)C1CCC(c2ccc(OCCCCC)cc2)CC1. The van der Waals surface area contributed by atoms with Crippen molar-refractivity contribution in [2.45, 2.75) is 64.7 Å². The molecule has 1 N–H and O–H groups in total. The molecule has 1 aliphatic carbocycles. The second kappa shape index (κ2) is 9.51. The van der Waals surface area contributed by atoms with Gasteiger partial charge in [0, 0.05) is 5.57 Å². The summed E-state index contributed by atoms with van der Waals surface area (Å²) in [7, 11) is 0. The van der Waals surface area contributed by atoms with Gasteiger partial charge in [-0.1, -0.05) is 38.0 Å². The van der Waals surface area contributed by atoms with Crippen LogP contribution in [0.25, 0.3) is 0 Å². The van der Waals surface area contributed by atoms with E-state index in [9.17, 15) is 9.90 Å². The molecule has 3 nitrogen and oxygen atoms in total.